The average Bonchev–Trinajstić information content (AvgIpc) is 3.23. The van der Waals surface area contributed by atoms with Gasteiger partial charge in [-0.2, -0.15) is 11.8 Å². The highest BCUT2D eigenvalue weighted by atomic mass is 79.9. The van der Waals surface area contributed by atoms with E-state index in [1.165, 1.54) is 17.8 Å². The number of sulfonamides is 1. The second kappa shape index (κ2) is 7.41. The van der Waals surface area contributed by atoms with E-state index in [0.29, 0.717) is 28.4 Å². The van der Waals surface area contributed by atoms with Crippen LogP contribution in [0, 0.1) is 5.82 Å². The van der Waals surface area contributed by atoms with Crippen LogP contribution in [0.4, 0.5) is 4.39 Å². The van der Waals surface area contributed by atoms with E-state index in [9.17, 15) is 12.8 Å². The smallest absolute Gasteiger partial charge is 0.243 e. The van der Waals surface area contributed by atoms with Crippen molar-refractivity contribution in [2.45, 2.75) is 30.3 Å². The van der Waals surface area contributed by atoms with Crippen molar-refractivity contribution in [1.29, 1.82) is 0 Å². The summed E-state index contributed by atoms with van der Waals surface area (Å²) < 4.78 is 41.8. The van der Waals surface area contributed by atoms with Crippen molar-refractivity contribution in [2.75, 3.05) is 18.6 Å². The van der Waals surface area contributed by atoms with E-state index >= 15 is 0 Å². The summed E-state index contributed by atoms with van der Waals surface area (Å²) >= 11 is 4.78. The Bertz CT molecular complexity index is 606. The molecule has 1 aromatic carbocycles. The van der Waals surface area contributed by atoms with Crippen LogP contribution >= 0.6 is 27.7 Å². The third kappa shape index (κ3) is 4.92. The molecule has 0 unspecified atom stereocenters. The van der Waals surface area contributed by atoms with Gasteiger partial charge in [0.1, 0.15) is 10.7 Å². The van der Waals surface area contributed by atoms with Gasteiger partial charge >= 0.3 is 0 Å². The van der Waals surface area contributed by atoms with Crippen LogP contribution in [0.25, 0.3) is 0 Å². The van der Waals surface area contributed by atoms with Crippen LogP contribution in [-0.4, -0.2) is 33.0 Å². The molecule has 0 spiro atoms. The molecule has 1 saturated carbocycles. The molecule has 118 valence electrons. The monoisotopic (exact) mass is 396 g/mol. The number of thioether (sulfide) groups is 1. The summed E-state index contributed by atoms with van der Waals surface area (Å²) in [6, 6.07) is 3.35. The van der Waals surface area contributed by atoms with Crippen LogP contribution in [0.2, 0.25) is 0 Å². The molecule has 0 heterocycles. The zero-order valence-electron chi connectivity index (χ0n) is 11.7. The summed E-state index contributed by atoms with van der Waals surface area (Å²) in [7, 11) is -3.83. The third-order valence-corrected chi connectivity index (χ3v) is 5.66. The Morgan fingerprint density at radius 2 is 2.14 bits per heavy atom. The zero-order chi connectivity index (χ0) is 15.5. The molecular formula is C13H18BrFN2O2S2. The van der Waals surface area contributed by atoms with E-state index < -0.39 is 15.8 Å². The summed E-state index contributed by atoms with van der Waals surface area (Å²) in [5, 5.41) is 3.19. The number of rotatable bonds is 8. The minimum atomic E-state index is -3.83. The fourth-order valence-corrected chi connectivity index (χ4v) is 4.11. The standard InChI is InChI=1S/C13H18BrFN2O2S2/c1-20-5-4-17-21(18,19)12-7-10(14)6-9(13(12)15)8-16-11-2-3-11/h6-7,11,16-17H,2-5,8H2,1H3. The van der Waals surface area contributed by atoms with E-state index in [4.69, 9.17) is 0 Å². The highest BCUT2D eigenvalue weighted by Gasteiger charge is 2.24. The topological polar surface area (TPSA) is 58.2 Å². The van der Waals surface area contributed by atoms with Gasteiger partial charge in [0.25, 0.3) is 0 Å². The van der Waals surface area contributed by atoms with Crippen molar-refractivity contribution >= 4 is 37.7 Å². The molecule has 0 saturated heterocycles. The van der Waals surface area contributed by atoms with Crippen LogP contribution in [-0.2, 0) is 16.6 Å². The molecule has 0 bridgehead atoms. The van der Waals surface area contributed by atoms with Crippen molar-refractivity contribution in [2.24, 2.45) is 0 Å². The maximum atomic E-state index is 14.4. The first kappa shape index (κ1) is 17.2. The molecule has 0 amide bonds. The van der Waals surface area contributed by atoms with Crippen molar-refractivity contribution in [3.63, 3.8) is 0 Å². The molecule has 2 N–H and O–H groups in total. The molecule has 1 fully saturated rings. The van der Waals surface area contributed by atoms with Gasteiger partial charge in [0.2, 0.25) is 10.0 Å². The lowest BCUT2D eigenvalue weighted by molar-refractivity contribution is 0.542. The number of halogens is 2. The van der Waals surface area contributed by atoms with E-state index in [2.05, 4.69) is 26.0 Å². The van der Waals surface area contributed by atoms with Gasteiger partial charge in [0, 0.05) is 34.9 Å². The molecule has 4 nitrogen and oxygen atoms in total. The molecule has 0 aromatic heterocycles. The Morgan fingerprint density at radius 3 is 2.76 bits per heavy atom. The summed E-state index contributed by atoms with van der Waals surface area (Å²) in [6.45, 7) is 0.619. The summed E-state index contributed by atoms with van der Waals surface area (Å²) in [4.78, 5) is -0.300. The Kier molecular flexibility index (Phi) is 6.07. The molecule has 8 heteroatoms. The van der Waals surface area contributed by atoms with Gasteiger partial charge in [-0.1, -0.05) is 15.9 Å². The second-order valence-electron chi connectivity index (χ2n) is 4.92. The van der Waals surface area contributed by atoms with Gasteiger partial charge in [-0.15, -0.1) is 0 Å². The first-order valence-corrected chi connectivity index (χ1v) is 10.3. The summed E-state index contributed by atoms with van der Waals surface area (Å²) in [5.41, 5.74) is 0.363. The van der Waals surface area contributed by atoms with Crippen LogP contribution in [0.5, 0.6) is 0 Å². The predicted octanol–water partition coefficient (Wildman–Crippen LogP) is 2.48. The molecule has 0 radical (unpaired) electrons. The van der Waals surface area contributed by atoms with E-state index in [0.717, 1.165) is 12.8 Å². The van der Waals surface area contributed by atoms with Crippen molar-refractivity contribution in [3.05, 3.63) is 28.0 Å². The number of nitrogens with one attached hydrogen (secondary N) is 2. The average molecular weight is 397 g/mol. The van der Waals surface area contributed by atoms with E-state index in [1.54, 1.807) is 6.07 Å². The normalized spacial score (nSPS) is 15.4. The lowest BCUT2D eigenvalue weighted by Gasteiger charge is -2.12. The largest absolute Gasteiger partial charge is 0.310 e. The first-order chi connectivity index (χ1) is 9.94. The number of hydrogen-bond donors (Lipinski definition) is 2. The lowest BCUT2D eigenvalue weighted by Crippen LogP contribution is -2.27. The van der Waals surface area contributed by atoms with Gasteiger partial charge in [0.15, 0.2) is 0 Å². The van der Waals surface area contributed by atoms with Gasteiger partial charge < -0.3 is 5.32 Å². The Labute approximate surface area is 137 Å². The van der Waals surface area contributed by atoms with E-state index in [-0.39, 0.29) is 11.4 Å². The molecule has 0 atom stereocenters. The van der Waals surface area contributed by atoms with Crippen LogP contribution in [0.1, 0.15) is 18.4 Å². The molecule has 1 aliphatic carbocycles. The molecule has 0 aliphatic heterocycles. The maximum absolute atomic E-state index is 14.4. The summed E-state index contributed by atoms with van der Waals surface area (Å²) in [6.07, 6.45) is 4.07. The minimum Gasteiger partial charge on any atom is -0.310 e. The van der Waals surface area contributed by atoms with Gasteiger partial charge in [-0.3, -0.25) is 0 Å². The molecular weight excluding hydrogens is 379 g/mol. The van der Waals surface area contributed by atoms with E-state index in [1.807, 2.05) is 6.26 Å². The fourth-order valence-electron chi connectivity index (χ4n) is 1.84. The second-order valence-corrected chi connectivity index (χ2v) is 8.56. The van der Waals surface area contributed by atoms with Crippen molar-refractivity contribution in [3.8, 4) is 0 Å². The SMILES string of the molecule is CSCCNS(=O)(=O)c1cc(Br)cc(CNC2CC2)c1F. The van der Waals surface area contributed by atoms with Crippen LogP contribution in [0.15, 0.2) is 21.5 Å². The molecule has 21 heavy (non-hydrogen) atoms. The molecule has 2 rings (SSSR count). The highest BCUT2D eigenvalue weighted by molar-refractivity contribution is 9.10. The third-order valence-electron chi connectivity index (χ3n) is 3.13. The predicted molar refractivity (Wildman–Crippen MR) is 87.5 cm³/mol. The van der Waals surface area contributed by atoms with Crippen molar-refractivity contribution < 1.29 is 12.8 Å². The fraction of sp³-hybridized carbons (Fsp3) is 0.538. The number of benzene rings is 1. The van der Waals surface area contributed by atoms with Gasteiger partial charge in [-0.25, -0.2) is 17.5 Å². The van der Waals surface area contributed by atoms with Crippen LogP contribution in [0.3, 0.4) is 0 Å². The van der Waals surface area contributed by atoms with Crippen molar-refractivity contribution in [1.82, 2.24) is 10.0 Å². The zero-order valence-corrected chi connectivity index (χ0v) is 14.9. The number of hydrogen-bond acceptors (Lipinski definition) is 4. The molecule has 1 aromatic rings. The lowest BCUT2D eigenvalue weighted by atomic mass is 10.2. The maximum Gasteiger partial charge on any atom is 0.243 e. The highest BCUT2D eigenvalue weighted by Crippen LogP contribution is 2.25. The quantitative estimate of drug-likeness (QED) is 0.662. The Morgan fingerprint density at radius 1 is 1.43 bits per heavy atom. The Hall–Kier alpha value is -0.150. The van der Waals surface area contributed by atoms with Crippen LogP contribution < -0.4 is 10.0 Å². The minimum absolute atomic E-state index is 0.283. The van der Waals surface area contributed by atoms with Gasteiger partial charge in [-0.05, 0) is 31.2 Å². The first-order valence-electron chi connectivity index (χ1n) is 6.64. The summed E-state index contributed by atoms with van der Waals surface area (Å²) in [5.74, 6) is -0.0340. The molecule has 1 aliphatic rings. The van der Waals surface area contributed by atoms with Gasteiger partial charge in [0.05, 0.1) is 0 Å². The Balaban J connectivity index is 2.20.